The molecule has 0 unspecified atom stereocenters. The fourth-order valence-corrected chi connectivity index (χ4v) is 4.86. The van der Waals surface area contributed by atoms with Crippen LogP contribution in [0.3, 0.4) is 0 Å². The van der Waals surface area contributed by atoms with Crippen molar-refractivity contribution in [2.45, 2.75) is 45.6 Å². The summed E-state index contributed by atoms with van der Waals surface area (Å²) in [5.41, 5.74) is 2.53. The van der Waals surface area contributed by atoms with Crippen molar-refractivity contribution < 1.29 is 9.72 Å². The van der Waals surface area contributed by atoms with Gasteiger partial charge in [-0.3, -0.25) is 14.9 Å². The molecule has 1 aliphatic carbocycles. The number of carbonyl (C=O) groups is 1. The number of Topliss-reactive ketones (excluding diaryl/α,β-unsaturated/α-hetero) is 1. The lowest BCUT2D eigenvalue weighted by molar-refractivity contribution is -0.384. The Morgan fingerprint density at radius 3 is 2.73 bits per heavy atom. The van der Waals surface area contributed by atoms with Crippen LogP contribution >= 0.6 is 0 Å². The zero-order chi connectivity index (χ0) is 21.0. The molecule has 1 saturated heterocycles. The summed E-state index contributed by atoms with van der Waals surface area (Å²) in [5.74, 6) is 0.460. The molecule has 1 fully saturated rings. The highest BCUT2D eigenvalue weighted by molar-refractivity contribution is 6.00. The summed E-state index contributed by atoms with van der Waals surface area (Å²) in [4.78, 5) is 26.7. The van der Waals surface area contributed by atoms with Gasteiger partial charge in [0.1, 0.15) is 11.7 Å². The first-order chi connectivity index (χ1) is 14.3. The molecule has 10 heteroatoms. The van der Waals surface area contributed by atoms with E-state index >= 15 is 0 Å². The van der Waals surface area contributed by atoms with Crippen molar-refractivity contribution in [1.82, 2.24) is 20.2 Å². The summed E-state index contributed by atoms with van der Waals surface area (Å²) in [6.07, 6.45) is 3.16. The second-order valence-corrected chi connectivity index (χ2v) is 9.01. The smallest absolute Gasteiger partial charge is 0.292 e. The van der Waals surface area contributed by atoms with Gasteiger partial charge in [-0.1, -0.05) is 25.0 Å². The van der Waals surface area contributed by atoms with Crippen LogP contribution in [0.1, 0.15) is 51.1 Å². The van der Waals surface area contributed by atoms with E-state index in [0.29, 0.717) is 35.6 Å². The standard InChI is InChI=1S/C20H23N7O3/c1-20(2)10-13-17(16(28)11-20)18(26-19(21-13)22-23-24-26)12-5-6-14(15(9-12)27(29)30)25-7-3-4-8-25/h5-6,9,18H,3-4,7-8,10-11H2,1-2H3,(H,21,22,24)/t18-/m0/s1. The van der Waals surface area contributed by atoms with Gasteiger partial charge < -0.3 is 10.2 Å². The number of hydrogen-bond acceptors (Lipinski definition) is 8. The van der Waals surface area contributed by atoms with Crippen molar-refractivity contribution in [1.29, 1.82) is 0 Å². The van der Waals surface area contributed by atoms with Gasteiger partial charge in [0.25, 0.3) is 5.69 Å². The fraction of sp³-hybridized carbons (Fsp3) is 0.500. The number of hydrogen-bond donors (Lipinski definition) is 1. The molecule has 1 aromatic heterocycles. The van der Waals surface area contributed by atoms with E-state index in [2.05, 4.69) is 34.7 Å². The van der Waals surface area contributed by atoms with Crippen LogP contribution in [-0.2, 0) is 4.79 Å². The topological polar surface area (TPSA) is 119 Å². The van der Waals surface area contributed by atoms with E-state index in [4.69, 9.17) is 0 Å². The van der Waals surface area contributed by atoms with Crippen LogP contribution in [0.2, 0.25) is 0 Å². The lowest BCUT2D eigenvalue weighted by Gasteiger charge is -2.37. The lowest BCUT2D eigenvalue weighted by Crippen LogP contribution is -2.36. The minimum absolute atomic E-state index is 0.0196. The van der Waals surface area contributed by atoms with Gasteiger partial charge in [0.15, 0.2) is 5.78 Å². The molecular formula is C20H23N7O3. The Bertz CT molecular complexity index is 1080. The summed E-state index contributed by atoms with van der Waals surface area (Å²) in [6.45, 7) is 5.73. The van der Waals surface area contributed by atoms with Gasteiger partial charge in [0.05, 0.1) is 4.92 Å². The highest BCUT2D eigenvalue weighted by Crippen LogP contribution is 2.46. The van der Waals surface area contributed by atoms with Crippen molar-refractivity contribution in [3.8, 4) is 0 Å². The van der Waals surface area contributed by atoms with Crippen LogP contribution in [0.15, 0.2) is 29.5 Å². The van der Waals surface area contributed by atoms with Gasteiger partial charge >= 0.3 is 0 Å². The number of carbonyl (C=O) groups excluding carboxylic acids is 1. The van der Waals surface area contributed by atoms with Crippen molar-refractivity contribution in [2.24, 2.45) is 5.41 Å². The van der Waals surface area contributed by atoms with Crippen molar-refractivity contribution >= 4 is 23.1 Å². The fourth-order valence-electron chi connectivity index (χ4n) is 4.86. The molecule has 0 amide bonds. The van der Waals surface area contributed by atoms with E-state index in [0.717, 1.165) is 31.6 Å². The van der Waals surface area contributed by atoms with Gasteiger partial charge in [-0.25, -0.2) is 0 Å². The van der Waals surface area contributed by atoms with Gasteiger partial charge in [-0.15, -0.1) is 0 Å². The highest BCUT2D eigenvalue weighted by Gasteiger charge is 2.42. The maximum atomic E-state index is 13.1. The Labute approximate surface area is 173 Å². The number of nitrogens with zero attached hydrogens (tertiary/aromatic N) is 6. The maximum Gasteiger partial charge on any atom is 0.292 e. The minimum Gasteiger partial charge on any atom is -0.366 e. The Balaban J connectivity index is 1.65. The van der Waals surface area contributed by atoms with Gasteiger partial charge in [-0.2, -0.15) is 4.68 Å². The first-order valence-electron chi connectivity index (χ1n) is 10.2. The Hall–Kier alpha value is -3.30. The molecule has 0 bridgehead atoms. The van der Waals surface area contributed by atoms with Crippen LogP contribution in [0.4, 0.5) is 17.3 Å². The summed E-state index contributed by atoms with van der Waals surface area (Å²) >= 11 is 0. The number of benzene rings is 1. The van der Waals surface area contributed by atoms with Crippen LogP contribution in [0.25, 0.3) is 0 Å². The number of ketones is 1. The Morgan fingerprint density at radius 2 is 2.00 bits per heavy atom. The summed E-state index contributed by atoms with van der Waals surface area (Å²) in [5, 5.41) is 27.0. The Kier molecular flexibility index (Phi) is 4.12. The van der Waals surface area contributed by atoms with Gasteiger partial charge in [-0.05, 0) is 46.7 Å². The lowest BCUT2D eigenvalue weighted by atomic mass is 9.73. The number of allylic oxidation sites excluding steroid dienone is 2. The second kappa shape index (κ2) is 6.61. The second-order valence-electron chi connectivity index (χ2n) is 9.01. The zero-order valence-electron chi connectivity index (χ0n) is 17.0. The number of rotatable bonds is 3. The molecule has 0 saturated carbocycles. The molecular weight excluding hydrogens is 386 g/mol. The average Bonchev–Trinajstić information content (AvgIpc) is 3.36. The summed E-state index contributed by atoms with van der Waals surface area (Å²) < 4.78 is 1.55. The first-order valence-corrected chi connectivity index (χ1v) is 10.2. The van der Waals surface area contributed by atoms with Crippen molar-refractivity contribution in [2.75, 3.05) is 23.3 Å². The molecule has 1 N–H and O–H groups in total. The number of nitro benzene ring substituents is 1. The van der Waals surface area contributed by atoms with Gasteiger partial charge in [0.2, 0.25) is 5.95 Å². The zero-order valence-corrected chi connectivity index (χ0v) is 17.0. The number of fused-ring (bicyclic) bond motifs is 1. The van der Waals surface area contributed by atoms with E-state index in [1.54, 1.807) is 16.8 Å². The molecule has 2 aromatic rings. The summed E-state index contributed by atoms with van der Waals surface area (Å²) in [7, 11) is 0. The van der Waals surface area contributed by atoms with Gasteiger partial charge in [0, 0.05) is 36.8 Å². The number of aromatic nitrogens is 4. The third-order valence-electron chi connectivity index (χ3n) is 6.15. The molecule has 0 radical (unpaired) electrons. The molecule has 2 aliphatic heterocycles. The van der Waals surface area contributed by atoms with Crippen LogP contribution in [-0.4, -0.2) is 44.0 Å². The highest BCUT2D eigenvalue weighted by atomic mass is 16.6. The molecule has 3 heterocycles. The molecule has 0 spiro atoms. The first kappa shape index (κ1) is 18.7. The predicted molar refractivity (Wildman–Crippen MR) is 109 cm³/mol. The van der Waals surface area contributed by atoms with Crippen molar-refractivity contribution in [3.05, 3.63) is 45.1 Å². The summed E-state index contributed by atoms with van der Waals surface area (Å²) in [6, 6.07) is 4.65. The largest absolute Gasteiger partial charge is 0.366 e. The molecule has 3 aliphatic rings. The maximum absolute atomic E-state index is 13.1. The quantitative estimate of drug-likeness (QED) is 0.607. The third kappa shape index (κ3) is 2.94. The monoisotopic (exact) mass is 409 g/mol. The van der Waals surface area contributed by atoms with E-state index < -0.39 is 6.04 Å². The third-order valence-corrected chi connectivity index (χ3v) is 6.15. The molecule has 1 atom stereocenters. The normalized spacial score (nSPS) is 22.5. The van der Waals surface area contributed by atoms with Crippen molar-refractivity contribution in [3.63, 3.8) is 0 Å². The molecule has 10 nitrogen and oxygen atoms in total. The number of nitrogens with one attached hydrogen (secondary N) is 1. The van der Waals surface area contributed by atoms with E-state index in [9.17, 15) is 14.9 Å². The average molecular weight is 409 g/mol. The van der Waals surface area contributed by atoms with E-state index in [1.807, 2.05) is 11.0 Å². The number of nitro groups is 1. The minimum atomic E-state index is -0.582. The van der Waals surface area contributed by atoms with Crippen LogP contribution in [0.5, 0.6) is 0 Å². The molecule has 5 rings (SSSR count). The molecule has 30 heavy (non-hydrogen) atoms. The van der Waals surface area contributed by atoms with Crippen LogP contribution in [0, 0.1) is 15.5 Å². The SMILES string of the molecule is CC1(C)CC(=O)C2=C(C1)Nc1nnnn1[C@H]2c1ccc(N2CCCC2)c([N+](=O)[O-])c1. The van der Waals surface area contributed by atoms with Crippen LogP contribution < -0.4 is 10.2 Å². The molecule has 1 aromatic carbocycles. The predicted octanol–water partition coefficient (Wildman–Crippen LogP) is 2.84. The van der Waals surface area contributed by atoms with E-state index in [-0.39, 0.29) is 21.8 Å². The number of anilines is 2. The number of tetrazole rings is 1. The molecule has 156 valence electrons. The Morgan fingerprint density at radius 1 is 1.23 bits per heavy atom. The van der Waals surface area contributed by atoms with E-state index in [1.165, 1.54) is 0 Å².